The van der Waals surface area contributed by atoms with Crippen LogP contribution in [0.25, 0.3) is 0 Å². The van der Waals surface area contributed by atoms with E-state index in [-0.39, 0.29) is 29.0 Å². The molecule has 162 valence electrons. The number of aromatic hydroxyl groups is 2. The average Bonchev–Trinajstić information content (AvgIpc) is 2.68. The van der Waals surface area contributed by atoms with Crippen LogP contribution in [-0.4, -0.2) is 52.2 Å². The summed E-state index contributed by atoms with van der Waals surface area (Å²) >= 11 is 0. The Kier molecular flexibility index (Phi) is 6.56. The van der Waals surface area contributed by atoms with Crippen LogP contribution in [0, 0.1) is 5.41 Å². The summed E-state index contributed by atoms with van der Waals surface area (Å²) in [7, 11) is 2.12. The molecule has 0 bridgehead atoms. The number of benzene rings is 2. The summed E-state index contributed by atoms with van der Waals surface area (Å²) in [6.45, 7) is 8.61. The molecule has 0 saturated carbocycles. The van der Waals surface area contributed by atoms with Crippen molar-refractivity contribution >= 4 is 6.03 Å². The molecule has 3 N–H and O–H groups in total. The van der Waals surface area contributed by atoms with Gasteiger partial charge in [0.25, 0.3) is 0 Å². The second kappa shape index (κ2) is 8.96. The summed E-state index contributed by atoms with van der Waals surface area (Å²) in [6.07, 6.45) is 0.898. The van der Waals surface area contributed by atoms with Crippen molar-refractivity contribution < 1.29 is 15.0 Å². The quantitative estimate of drug-likeness (QED) is 0.648. The summed E-state index contributed by atoms with van der Waals surface area (Å²) in [5.74, 6) is -0.384. The number of carbonyl (C=O) groups is 1. The second-order valence-electron chi connectivity index (χ2n) is 9.03. The van der Waals surface area contributed by atoms with Crippen LogP contribution in [0.1, 0.15) is 44.4 Å². The minimum absolute atomic E-state index is 0.0600. The predicted octanol–water partition coefficient (Wildman–Crippen LogP) is 4.10. The van der Waals surface area contributed by atoms with E-state index in [2.05, 4.69) is 31.1 Å². The third kappa shape index (κ3) is 4.87. The van der Waals surface area contributed by atoms with E-state index in [4.69, 9.17) is 0 Å². The van der Waals surface area contributed by atoms with Crippen molar-refractivity contribution in [2.75, 3.05) is 20.1 Å². The zero-order valence-corrected chi connectivity index (χ0v) is 18.3. The first kappa shape index (κ1) is 22.0. The molecule has 0 aliphatic carbocycles. The van der Waals surface area contributed by atoms with Crippen molar-refractivity contribution in [3.63, 3.8) is 0 Å². The lowest BCUT2D eigenvalue weighted by atomic mass is 9.78. The van der Waals surface area contributed by atoms with Crippen molar-refractivity contribution in [3.05, 3.63) is 59.7 Å². The van der Waals surface area contributed by atoms with E-state index in [1.54, 1.807) is 12.1 Å². The fourth-order valence-electron chi connectivity index (χ4n) is 4.54. The highest BCUT2D eigenvalue weighted by Gasteiger charge is 2.40. The van der Waals surface area contributed by atoms with Gasteiger partial charge in [0.1, 0.15) is 0 Å². The van der Waals surface area contributed by atoms with E-state index in [1.807, 2.05) is 42.2 Å². The number of para-hydroxylation sites is 1. The monoisotopic (exact) mass is 411 g/mol. The largest absolute Gasteiger partial charge is 0.504 e. The zero-order valence-electron chi connectivity index (χ0n) is 18.3. The molecule has 2 aromatic carbocycles. The Balaban J connectivity index is 1.85. The number of rotatable bonds is 5. The van der Waals surface area contributed by atoms with Gasteiger partial charge in [-0.05, 0) is 44.0 Å². The number of nitrogens with zero attached hydrogens (tertiary/aromatic N) is 2. The first-order valence-electron chi connectivity index (χ1n) is 10.5. The zero-order chi connectivity index (χ0) is 21.9. The number of hydrogen-bond acceptors (Lipinski definition) is 4. The molecule has 2 atom stereocenters. The van der Waals surface area contributed by atoms with Gasteiger partial charge in [-0.3, -0.25) is 0 Å². The molecule has 1 aliphatic heterocycles. The smallest absolute Gasteiger partial charge is 0.318 e. The molecule has 1 saturated heterocycles. The van der Waals surface area contributed by atoms with Gasteiger partial charge < -0.3 is 25.3 Å². The van der Waals surface area contributed by atoms with Crippen LogP contribution in [0.15, 0.2) is 48.5 Å². The number of phenolic OH excluding ortho intramolecular Hbond substituents is 2. The molecular formula is C24H33N3O3. The first-order chi connectivity index (χ1) is 14.2. The van der Waals surface area contributed by atoms with Gasteiger partial charge in [-0.15, -0.1) is 0 Å². The maximum absolute atomic E-state index is 13.5. The van der Waals surface area contributed by atoms with Crippen molar-refractivity contribution in [3.8, 4) is 11.5 Å². The summed E-state index contributed by atoms with van der Waals surface area (Å²) < 4.78 is 0. The fraction of sp³-hybridized carbons (Fsp3) is 0.458. The molecular weight excluding hydrogens is 378 g/mol. The Hall–Kier alpha value is -2.73. The number of nitrogens with one attached hydrogen (secondary N) is 1. The van der Waals surface area contributed by atoms with Crippen LogP contribution in [0.3, 0.4) is 0 Å². The van der Waals surface area contributed by atoms with Gasteiger partial charge in [-0.25, -0.2) is 4.79 Å². The molecule has 2 aromatic rings. The lowest BCUT2D eigenvalue weighted by Gasteiger charge is -2.48. The highest BCUT2D eigenvalue weighted by molar-refractivity contribution is 5.75. The predicted molar refractivity (Wildman–Crippen MR) is 118 cm³/mol. The number of urea groups is 1. The van der Waals surface area contributed by atoms with Gasteiger partial charge in [0.05, 0.1) is 6.04 Å². The maximum atomic E-state index is 13.5. The standard InChI is InChI=1S/C24H33N3O3/c1-17(19-11-8-12-20(28)22(19)29)25-23(30)27(15-18-9-6-5-7-10-18)21-13-14-26(4)16-24(21,2)3/h5-12,17,21,28-29H,13-16H2,1-4H3,(H,25,30). The third-order valence-electron chi connectivity index (χ3n) is 6.05. The van der Waals surface area contributed by atoms with Crippen LogP contribution < -0.4 is 5.32 Å². The highest BCUT2D eigenvalue weighted by atomic mass is 16.3. The van der Waals surface area contributed by atoms with Crippen LogP contribution in [-0.2, 0) is 6.54 Å². The summed E-state index contributed by atoms with van der Waals surface area (Å²) in [4.78, 5) is 17.7. The lowest BCUT2D eigenvalue weighted by molar-refractivity contribution is 0.0300. The van der Waals surface area contributed by atoms with Gasteiger partial charge in [0, 0.05) is 24.7 Å². The molecule has 0 spiro atoms. The highest BCUT2D eigenvalue weighted by Crippen LogP contribution is 2.35. The minimum Gasteiger partial charge on any atom is -0.504 e. The van der Waals surface area contributed by atoms with Gasteiger partial charge in [-0.2, -0.15) is 0 Å². The fourth-order valence-corrected chi connectivity index (χ4v) is 4.54. The molecule has 2 unspecified atom stereocenters. The SMILES string of the molecule is CC(NC(=O)N(Cc1ccccc1)C1CCN(C)CC1(C)C)c1cccc(O)c1O. The number of amides is 2. The van der Waals surface area contributed by atoms with E-state index in [0.29, 0.717) is 12.1 Å². The number of hydrogen-bond donors (Lipinski definition) is 3. The summed E-state index contributed by atoms with van der Waals surface area (Å²) in [5.41, 5.74) is 1.51. The van der Waals surface area contributed by atoms with Crippen LogP contribution in [0.5, 0.6) is 11.5 Å². The van der Waals surface area contributed by atoms with Gasteiger partial charge in [-0.1, -0.05) is 56.3 Å². The number of phenols is 2. The van der Waals surface area contributed by atoms with Crippen LogP contribution in [0.4, 0.5) is 4.79 Å². The maximum Gasteiger partial charge on any atom is 0.318 e. The third-order valence-corrected chi connectivity index (χ3v) is 6.05. The Morgan fingerprint density at radius 1 is 1.20 bits per heavy atom. The van der Waals surface area contributed by atoms with Crippen molar-refractivity contribution in [2.45, 2.75) is 45.8 Å². The van der Waals surface area contributed by atoms with E-state index in [1.165, 1.54) is 6.07 Å². The Bertz CT molecular complexity index is 869. The van der Waals surface area contributed by atoms with Crippen molar-refractivity contribution in [1.82, 2.24) is 15.1 Å². The van der Waals surface area contributed by atoms with Crippen LogP contribution >= 0.6 is 0 Å². The van der Waals surface area contributed by atoms with E-state index >= 15 is 0 Å². The summed E-state index contributed by atoms with van der Waals surface area (Å²) in [6, 6.07) is 14.3. The first-order valence-corrected chi connectivity index (χ1v) is 10.5. The van der Waals surface area contributed by atoms with Gasteiger partial charge in [0.2, 0.25) is 0 Å². The molecule has 1 heterocycles. The molecule has 30 heavy (non-hydrogen) atoms. The van der Waals surface area contributed by atoms with Crippen molar-refractivity contribution in [2.24, 2.45) is 5.41 Å². The molecule has 1 fully saturated rings. The molecule has 0 radical (unpaired) electrons. The number of carbonyl (C=O) groups excluding carboxylic acids is 1. The normalized spacial score (nSPS) is 19.8. The topological polar surface area (TPSA) is 76.0 Å². The molecule has 3 rings (SSSR count). The Morgan fingerprint density at radius 3 is 2.57 bits per heavy atom. The van der Waals surface area contributed by atoms with E-state index in [0.717, 1.165) is 25.1 Å². The molecule has 1 aliphatic rings. The van der Waals surface area contributed by atoms with Gasteiger partial charge in [0.15, 0.2) is 11.5 Å². The second-order valence-corrected chi connectivity index (χ2v) is 9.03. The average molecular weight is 412 g/mol. The van der Waals surface area contributed by atoms with E-state index in [9.17, 15) is 15.0 Å². The number of likely N-dealkylation sites (tertiary alicyclic amines) is 1. The molecule has 0 aromatic heterocycles. The molecule has 2 amide bonds. The lowest BCUT2D eigenvalue weighted by Crippen LogP contribution is -2.58. The number of piperidine rings is 1. The summed E-state index contributed by atoms with van der Waals surface area (Å²) in [5, 5.41) is 23.0. The van der Waals surface area contributed by atoms with Crippen LogP contribution in [0.2, 0.25) is 0 Å². The Morgan fingerprint density at radius 2 is 1.90 bits per heavy atom. The van der Waals surface area contributed by atoms with Crippen molar-refractivity contribution in [1.29, 1.82) is 0 Å². The Labute approximate surface area is 179 Å². The minimum atomic E-state index is -0.447. The molecule has 6 heteroatoms. The van der Waals surface area contributed by atoms with E-state index < -0.39 is 6.04 Å². The molecule has 6 nitrogen and oxygen atoms in total. The van der Waals surface area contributed by atoms with Gasteiger partial charge >= 0.3 is 6.03 Å².